The van der Waals surface area contributed by atoms with Crippen LogP contribution in [0.5, 0.6) is 5.75 Å². The minimum absolute atomic E-state index is 0.246. The standard InChI is InChI=1S/C16H13ClFNO/c17-15-10-14(18)7-8-16(15)20-11-13-5-2-1-4-12(13)6-3-9-19/h1-2,4-5,7-8,10H,9,11,19H2. The zero-order valence-electron chi connectivity index (χ0n) is 10.7. The van der Waals surface area contributed by atoms with Crippen molar-refractivity contribution in [1.82, 2.24) is 0 Å². The van der Waals surface area contributed by atoms with E-state index in [0.717, 1.165) is 11.1 Å². The van der Waals surface area contributed by atoms with E-state index in [1.165, 1.54) is 18.2 Å². The van der Waals surface area contributed by atoms with Crippen LogP contribution >= 0.6 is 11.6 Å². The molecule has 2 aromatic rings. The molecule has 0 fully saturated rings. The molecular weight excluding hydrogens is 277 g/mol. The summed E-state index contributed by atoms with van der Waals surface area (Å²) < 4.78 is 18.5. The first-order valence-corrected chi connectivity index (χ1v) is 6.43. The van der Waals surface area contributed by atoms with Crippen LogP contribution in [0.15, 0.2) is 42.5 Å². The Morgan fingerprint density at radius 3 is 2.75 bits per heavy atom. The Labute approximate surface area is 122 Å². The van der Waals surface area contributed by atoms with Crippen molar-refractivity contribution in [2.75, 3.05) is 6.54 Å². The summed E-state index contributed by atoms with van der Waals surface area (Å²) in [6, 6.07) is 11.6. The zero-order chi connectivity index (χ0) is 14.4. The van der Waals surface area contributed by atoms with Gasteiger partial charge in [0.2, 0.25) is 0 Å². The molecule has 0 unspecified atom stereocenters. The van der Waals surface area contributed by atoms with Gasteiger partial charge in [-0.1, -0.05) is 41.6 Å². The highest BCUT2D eigenvalue weighted by atomic mass is 35.5. The summed E-state index contributed by atoms with van der Waals surface area (Å²) in [6.45, 7) is 0.611. The first-order chi connectivity index (χ1) is 9.70. The maximum atomic E-state index is 12.9. The fourth-order valence-electron chi connectivity index (χ4n) is 1.66. The SMILES string of the molecule is NCC#Cc1ccccc1COc1ccc(F)cc1Cl. The van der Waals surface area contributed by atoms with Crippen molar-refractivity contribution in [2.45, 2.75) is 6.61 Å². The van der Waals surface area contributed by atoms with E-state index in [-0.39, 0.29) is 5.02 Å². The smallest absolute Gasteiger partial charge is 0.138 e. The lowest BCUT2D eigenvalue weighted by Crippen LogP contribution is -1.99. The van der Waals surface area contributed by atoms with E-state index in [9.17, 15) is 4.39 Å². The molecule has 0 aliphatic carbocycles. The second-order valence-corrected chi connectivity index (χ2v) is 4.43. The highest BCUT2D eigenvalue weighted by Crippen LogP contribution is 2.26. The van der Waals surface area contributed by atoms with Gasteiger partial charge in [-0.3, -0.25) is 0 Å². The van der Waals surface area contributed by atoms with E-state index in [2.05, 4.69) is 11.8 Å². The van der Waals surface area contributed by atoms with Crippen molar-refractivity contribution < 1.29 is 9.13 Å². The second-order valence-electron chi connectivity index (χ2n) is 4.03. The van der Waals surface area contributed by atoms with Gasteiger partial charge in [-0.15, -0.1) is 0 Å². The number of halogens is 2. The van der Waals surface area contributed by atoms with Gasteiger partial charge in [0.25, 0.3) is 0 Å². The van der Waals surface area contributed by atoms with Crippen LogP contribution in [-0.4, -0.2) is 6.54 Å². The summed E-state index contributed by atoms with van der Waals surface area (Å²) in [6.07, 6.45) is 0. The van der Waals surface area contributed by atoms with Gasteiger partial charge in [0, 0.05) is 11.1 Å². The Kier molecular flexibility index (Phi) is 5.00. The molecule has 2 N–H and O–H groups in total. The molecule has 2 nitrogen and oxygen atoms in total. The Morgan fingerprint density at radius 1 is 1.20 bits per heavy atom. The van der Waals surface area contributed by atoms with E-state index in [1.54, 1.807) is 0 Å². The summed E-state index contributed by atoms with van der Waals surface area (Å²) in [5, 5.41) is 0.246. The molecule has 0 saturated carbocycles. The van der Waals surface area contributed by atoms with Gasteiger partial charge in [0.15, 0.2) is 0 Å². The monoisotopic (exact) mass is 289 g/mol. The molecule has 0 aliphatic heterocycles. The Morgan fingerprint density at radius 2 is 2.00 bits per heavy atom. The fraction of sp³-hybridized carbons (Fsp3) is 0.125. The number of hydrogen-bond acceptors (Lipinski definition) is 2. The molecule has 0 spiro atoms. The number of rotatable bonds is 3. The Bertz CT molecular complexity index is 661. The van der Waals surface area contributed by atoms with Crippen molar-refractivity contribution in [2.24, 2.45) is 5.73 Å². The Balaban J connectivity index is 2.14. The first kappa shape index (κ1) is 14.4. The molecule has 20 heavy (non-hydrogen) atoms. The quantitative estimate of drug-likeness (QED) is 0.879. The largest absolute Gasteiger partial charge is 0.487 e. The van der Waals surface area contributed by atoms with Gasteiger partial charge in [-0.05, 0) is 24.3 Å². The third-order valence-electron chi connectivity index (χ3n) is 2.62. The van der Waals surface area contributed by atoms with Crippen LogP contribution < -0.4 is 10.5 Å². The third kappa shape index (κ3) is 3.74. The molecule has 102 valence electrons. The van der Waals surface area contributed by atoms with Gasteiger partial charge in [-0.2, -0.15) is 0 Å². The highest BCUT2D eigenvalue weighted by molar-refractivity contribution is 6.32. The van der Waals surface area contributed by atoms with Crippen LogP contribution in [0.4, 0.5) is 4.39 Å². The molecule has 0 aromatic heterocycles. The molecule has 0 saturated heterocycles. The average Bonchev–Trinajstić information content (AvgIpc) is 2.45. The van der Waals surface area contributed by atoms with Crippen molar-refractivity contribution in [3.05, 3.63) is 64.4 Å². The lowest BCUT2D eigenvalue weighted by Gasteiger charge is -2.09. The van der Waals surface area contributed by atoms with Crippen LogP contribution in [0.25, 0.3) is 0 Å². The molecule has 0 amide bonds. The predicted molar refractivity (Wildman–Crippen MR) is 78.1 cm³/mol. The summed E-state index contributed by atoms with van der Waals surface area (Å²) >= 11 is 5.91. The summed E-state index contributed by atoms with van der Waals surface area (Å²) in [7, 11) is 0. The predicted octanol–water partition coefficient (Wildman–Crippen LogP) is 3.37. The van der Waals surface area contributed by atoms with E-state index in [0.29, 0.717) is 18.9 Å². The molecule has 0 heterocycles. The first-order valence-electron chi connectivity index (χ1n) is 6.05. The van der Waals surface area contributed by atoms with Gasteiger partial charge in [-0.25, -0.2) is 4.39 Å². The fourth-order valence-corrected chi connectivity index (χ4v) is 1.88. The van der Waals surface area contributed by atoms with Crippen LogP contribution in [0.1, 0.15) is 11.1 Å². The normalized spacial score (nSPS) is 9.75. The highest BCUT2D eigenvalue weighted by Gasteiger charge is 2.05. The minimum atomic E-state index is -0.392. The minimum Gasteiger partial charge on any atom is -0.487 e. The van der Waals surface area contributed by atoms with E-state index in [1.807, 2.05) is 24.3 Å². The van der Waals surface area contributed by atoms with E-state index >= 15 is 0 Å². The van der Waals surface area contributed by atoms with Gasteiger partial charge in [0.1, 0.15) is 18.2 Å². The van der Waals surface area contributed by atoms with E-state index < -0.39 is 5.82 Å². The van der Waals surface area contributed by atoms with E-state index in [4.69, 9.17) is 22.1 Å². The number of benzene rings is 2. The summed E-state index contributed by atoms with van der Waals surface area (Å²) in [4.78, 5) is 0. The molecule has 2 rings (SSSR count). The molecule has 0 radical (unpaired) electrons. The maximum Gasteiger partial charge on any atom is 0.138 e. The molecule has 4 heteroatoms. The zero-order valence-corrected chi connectivity index (χ0v) is 11.5. The topological polar surface area (TPSA) is 35.2 Å². The van der Waals surface area contributed by atoms with Crippen molar-refractivity contribution >= 4 is 11.6 Å². The molecule has 0 aliphatic rings. The van der Waals surface area contributed by atoms with Crippen LogP contribution in [0.3, 0.4) is 0 Å². The maximum absolute atomic E-state index is 12.9. The lowest BCUT2D eigenvalue weighted by atomic mass is 10.1. The molecule has 0 atom stereocenters. The lowest BCUT2D eigenvalue weighted by molar-refractivity contribution is 0.305. The van der Waals surface area contributed by atoms with Crippen LogP contribution in [0, 0.1) is 17.7 Å². The summed E-state index contributed by atoms with van der Waals surface area (Å²) in [5.41, 5.74) is 7.15. The number of hydrogen-bond donors (Lipinski definition) is 1. The number of ether oxygens (including phenoxy) is 1. The molecular formula is C16H13ClFNO. The van der Waals surface area contributed by atoms with Crippen molar-refractivity contribution in [1.29, 1.82) is 0 Å². The van der Waals surface area contributed by atoms with Crippen molar-refractivity contribution in [3.63, 3.8) is 0 Å². The third-order valence-corrected chi connectivity index (χ3v) is 2.91. The van der Waals surface area contributed by atoms with Gasteiger partial charge in [0.05, 0.1) is 11.6 Å². The number of nitrogens with two attached hydrogens (primary N) is 1. The molecule has 0 bridgehead atoms. The second kappa shape index (κ2) is 6.95. The van der Waals surface area contributed by atoms with Crippen LogP contribution in [0.2, 0.25) is 5.02 Å². The van der Waals surface area contributed by atoms with Gasteiger partial charge < -0.3 is 10.5 Å². The van der Waals surface area contributed by atoms with Crippen molar-refractivity contribution in [3.8, 4) is 17.6 Å². The molecule has 2 aromatic carbocycles. The Hall–Kier alpha value is -2.02. The van der Waals surface area contributed by atoms with Crippen LogP contribution in [-0.2, 0) is 6.61 Å². The average molecular weight is 290 g/mol. The summed E-state index contributed by atoms with van der Waals surface area (Å²) in [5.74, 6) is 5.84. The van der Waals surface area contributed by atoms with Gasteiger partial charge >= 0.3 is 0 Å².